The van der Waals surface area contributed by atoms with Crippen molar-refractivity contribution in [1.82, 2.24) is 9.97 Å². The molecule has 0 bridgehead atoms. The Bertz CT molecular complexity index is 1110. The molecule has 1 aromatic heterocycles. The van der Waals surface area contributed by atoms with E-state index in [2.05, 4.69) is 20.6 Å². The molecular formula is C25H35N5O6. The number of nitrogens with one attached hydrogen (secondary N) is 2. The SMILES string of the molecule is COc1cc(OCC2CC(Nc3nc(C)c4c(n3)N(C)[C@](O)(C(C)C)C(=O)N4)C2)cc(OC)c1OC. The third-order valence-electron chi connectivity index (χ3n) is 6.97. The Labute approximate surface area is 211 Å². The largest absolute Gasteiger partial charge is 0.493 e. The summed E-state index contributed by atoms with van der Waals surface area (Å²) in [6.45, 7) is 5.96. The van der Waals surface area contributed by atoms with Gasteiger partial charge in [0.25, 0.3) is 5.91 Å². The van der Waals surface area contributed by atoms with Crippen LogP contribution in [0.15, 0.2) is 12.1 Å². The van der Waals surface area contributed by atoms with Crippen molar-refractivity contribution in [2.24, 2.45) is 11.8 Å². The van der Waals surface area contributed by atoms with Crippen molar-refractivity contribution < 1.29 is 28.8 Å². The highest BCUT2D eigenvalue weighted by molar-refractivity contribution is 6.05. The first-order valence-corrected chi connectivity index (χ1v) is 12.0. The summed E-state index contributed by atoms with van der Waals surface area (Å²) in [4.78, 5) is 23.3. The van der Waals surface area contributed by atoms with Gasteiger partial charge in [-0.2, -0.15) is 4.98 Å². The molecule has 1 aliphatic heterocycles. The zero-order chi connectivity index (χ0) is 26.2. The van der Waals surface area contributed by atoms with Gasteiger partial charge in [-0.15, -0.1) is 0 Å². The lowest BCUT2D eigenvalue weighted by molar-refractivity contribution is -0.139. The number of hydrogen-bond acceptors (Lipinski definition) is 10. The van der Waals surface area contributed by atoms with Gasteiger partial charge >= 0.3 is 0 Å². The van der Waals surface area contributed by atoms with Crippen LogP contribution in [0.25, 0.3) is 0 Å². The van der Waals surface area contributed by atoms with Crippen LogP contribution < -0.4 is 34.5 Å². The van der Waals surface area contributed by atoms with Crippen molar-refractivity contribution in [2.45, 2.75) is 45.4 Å². The fourth-order valence-electron chi connectivity index (χ4n) is 4.71. The van der Waals surface area contributed by atoms with Crippen LogP contribution >= 0.6 is 0 Å². The molecule has 1 aliphatic carbocycles. The maximum atomic E-state index is 12.6. The van der Waals surface area contributed by atoms with Gasteiger partial charge in [-0.05, 0) is 25.7 Å². The molecule has 4 rings (SSSR count). The van der Waals surface area contributed by atoms with Crippen LogP contribution in [-0.4, -0.2) is 67.7 Å². The average molecular weight is 502 g/mol. The molecule has 0 unspecified atom stereocenters. The molecule has 1 atom stereocenters. The van der Waals surface area contributed by atoms with E-state index in [9.17, 15) is 9.90 Å². The molecule has 1 amide bonds. The smallest absolute Gasteiger partial charge is 0.278 e. The van der Waals surface area contributed by atoms with Crippen molar-refractivity contribution in [3.63, 3.8) is 0 Å². The molecule has 2 heterocycles. The zero-order valence-corrected chi connectivity index (χ0v) is 21.8. The number of aryl methyl sites for hydroxylation is 1. The number of ether oxygens (including phenoxy) is 4. The summed E-state index contributed by atoms with van der Waals surface area (Å²) in [5, 5.41) is 17.2. The van der Waals surface area contributed by atoms with Crippen molar-refractivity contribution in [3.8, 4) is 23.0 Å². The number of methoxy groups -OCH3 is 3. The Hall–Kier alpha value is -3.47. The normalized spacial score (nSPS) is 22.9. The van der Waals surface area contributed by atoms with E-state index < -0.39 is 11.6 Å². The number of benzene rings is 1. The van der Waals surface area contributed by atoms with Crippen LogP contribution in [0.2, 0.25) is 0 Å². The van der Waals surface area contributed by atoms with E-state index in [1.807, 2.05) is 6.92 Å². The maximum Gasteiger partial charge on any atom is 0.278 e. The van der Waals surface area contributed by atoms with E-state index in [1.54, 1.807) is 54.4 Å². The van der Waals surface area contributed by atoms with Gasteiger partial charge in [-0.25, -0.2) is 4.98 Å². The maximum absolute atomic E-state index is 12.6. The summed E-state index contributed by atoms with van der Waals surface area (Å²) in [5.74, 6) is 2.78. The zero-order valence-electron chi connectivity index (χ0n) is 21.8. The summed E-state index contributed by atoms with van der Waals surface area (Å²) in [6.07, 6.45) is 1.79. The van der Waals surface area contributed by atoms with Crippen LogP contribution in [-0.2, 0) is 4.79 Å². The molecule has 36 heavy (non-hydrogen) atoms. The summed E-state index contributed by atoms with van der Waals surface area (Å²) in [7, 11) is 6.38. The Morgan fingerprint density at radius 3 is 2.36 bits per heavy atom. The molecule has 0 saturated heterocycles. The van der Waals surface area contributed by atoms with Crippen LogP contribution in [0.1, 0.15) is 32.4 Å². The summed E-state index contributed by atoms with van der Waals surface area (Å²) >= 11 is 0. The van der Waals surface area contributed by atoms with Gasteiger partial charge in [0.1, 0.15) is 11.4 Å². The first-order valence-electron chi connectivity index (χ1n) is 12.0. The second-order valence-electron chi connectivity index (χ2n) is 9.58. The fourth-order valence-corrected chi connectivity index (χ4v) is 4.71. The number of likely N-dealkylation sites (N-methyl/N-ethyl adjacent to an activating group) is 1. The topological polar surface area (TPSA) is 127 Å². The van der Waals surface area contributed by atoms with Gasteiger partial charge in [0.15, 0.2) is 17.3 Å². The molecule has 0 spiro atoms. The quantitative estimate of drug-likeness (QED) is 0.472. The highest BCUT2D eigenvalue weighted by Gasteiger charge is 2.49. The molecule has 3 N–H and O–H groups in total. The van der Waals surface area contributed by atoms with E-state index in [4.69, 9.17) is 18.9 Å². The predicted octanol–water partition coefficient (Wildman–Crippen LogP) is 2.81. The number of carbonyl (C=O) groups excluding carboxylic acids is 1. The predicted molar refractivity (Wildman–Crippen MR) is 135 cm³/mol. The average Bonchev–Trinajstić information content (AvgIpc) is 2.83. The van der Waals surface area contributed by atoms with Crippen LogP contribution in [0, 0.1) is 18.8 Å². The Morgan fingerprint density at radius 2 is 1.81 bits per heavy atom. The summed E-state index contributed by atoms with van der Waals surface area (Å²) in [6, 6.07) is 3.77. The summed E-state index contributed by atoms with van der Waals surface area (Å²) in [5.41, 5.74) is -0.532. The molecule has 196 valence electrons. The molecule has 2 aliphatic rings. The Balaban J connectivity index is 1.38. The standard InChI is InChI=1S/C25H35N5O6/c1-13(2)25(32)23(31)28-20-14(3)26-24(29-22(20)30(25)4)27-16-8-15(9-16)12-36-17-10-18(33-5)21(35-7)19(11-17)34-6/h10-11,13,15-16,32H,8-9,12H2,1-7H3,(H,28,31)(H,26,27,29)/t15?,16?,25-/m0/s1. The van der Waals surface area contributed by atoms with Crippen molar-refractivity contribution >= 4 is 23.4 Å². The molecule has 2 aromatic rings. The fraction of sp³-hybridized carbons (Fsp3) is 0.560. The second-order valence-corrected chi connectivity index (χ2v) is 9.58. The number of anilines is 3. The minimum absolute atomic E-state index is 0.198. The molecule has 1 fully saturated rings. The van der Waals surface area contributed by atoms with Crippen LogP contribution in [0.5, 0.6) is 23.0 Å². The highest BCUT2D eigenvalue weighted by atomic mass is 16.5. The van der Waals surface area contributed by atoms with Crippen molar-refractivity contribution in [3.05, 3.63) is 17.8 Å². The molecule has 1 saturated carbocycles. The van der Waals surface area contributed by atoms with E-state index >= 15 is 0 Å². The highest BCUT2D eigenvalue weighted by Crippen LogP contribution is 2.42. The lowest BCUT2D eigenvalue weighted by atomic mass is 9.81. The molecule has 11 heteroatoms. The number of fused-ring (bicyclic) bond motifs is 1. The van der Waals surface area contributed by atoms with Gasteiger partial charge in [-0.3, -0.25) is 4.79 Å². The third kappa shape index (κ3) is 4.43. The van der Waals surface area contributed by atoms with Gasteiger partial charge in [0.05, 0.1) is 33.6 Å². The monoisotopic (exact) mass is 501 g/mol. The first kappa shape index (κ1) is 25.6. The van der Waals surface area contributed by atoms with Crippen molar-refractivity contribution in [2.75, 3.05) is 50.5 Å². The second kappa shape index (κ2) is 9.88. The van der Waals surface area contributed by atoms with E-state index in [0.717, 1.165) is 12.8 Å². The van der Waals surface area contributed by atoms with E-state index in [0.29, 0.717) is 58.7 Å². The minimum Gasteiger partial charge on any atom is -0.493 e. The van der Waals surface area contributed by atoms with Gasteiger partial charge < -0.3 is 39.6 Å². The number of rotatable bonds is 9. The number of aromatic nitrogens is 2. The lowest BCUT2D eigenvalue weighted by Gasteiger charge is -2.44. The first-order chi connectivity index (χ1) is 17.1. The number of nitrogens with zero attached hydrogens (tertiary/aromatic N) is 3. The summed E-state index contributed by atoms with van der Waals surface area (Å²) < 4.78 is 22.1. The number of aliphatic hydroxyl groups is 1. The third-order valence-corrected chi connectivity index (χ3v) is 6.97. The Morgan fingerprint density at radius 1 is 1.17 bits per heavy atom. The Kier molecular flexibility index (Phi) is 7.03. The van der Waals surface area contributed by atoms with Crippen molar-refractivity contribution in [1.29, 1.82) is 0 Å². The number of hydrogen-bond donors (Lipinski definition) is 3. The number of amides is 1. The van der Waals surface area contributed by atoms with Crippen LogP contribution in [0.3, 0.4) is 0 Å². The van der Waals surface area contributed by atoms with Crippen LogP contribution in [0.4, 0.5) is 17.5 Å². The van der Waals surface area contributed by atoms with Gasteiger partial charge in [0.2, 0.25) is 17.4 Å². The minimum atomic E-state index is -1.68. The molecule has 0 radical (unpaired) electrons. The molecule has 11 nitrogen and oxygen atoms in total. The molecular weight excluding hydrogens is 466 g/mol. The molecule has 1 aromatic carbocycles. The van der Waals surface area contributed by atoms with Gasteiger partial charge in [-0.1, -0.05) is 13.8 Å². The lowest BCUT2D eigenvalue weighted by Crippen LogP contribution is -2.62. The number of carbonyl (C=O) groups is 1. The van der Waals surface area contributed by atoms with E-state index in [1.165, 1.54) is 4.90 Å². The van der Waals surface area contributed by atoms with Gasteiger partial charge in [0, 0.05) is 31.1 Å². The van der Waals surface area contributed by atoms with E-state index in [-0.39, 0.29) is 12.0 Å².